The van der Waals surface area contributed by atoms with Crippen molar-refractivity contribution < 1.29 is 0 Å². The van der Waals surface area contributed by atoms with Crippen LogP contribution >= 0.6 is 11.3 Å². The van der Waals surface area contributed by atoms with Gasteiger partial charge in [0.25, 0.3) is 0 Å². The molecule has 5 nitrogen and oxygen atoms in total. The van der Waals surface area contributed by atoms with Crippen LogP contribution in [0.1, 0.15) is 37.7 Å². The summed E-state index contributed by atoms with van der Waals surface area (Å²) in [5.74, 6) is 0.408. The zero-order valence-electron chi connectivity index (χ0n) is 11.4. The van der Waals surface area contributed by atoms with Crippen LogP contribution in [0.3, 0.4) is 0 Å². The maximum Gasteiger partial charge on any atom is 0.189 e. The first-order valence-electron chi connectivity index (χ1n) is 5.80. The Labute approximate surface area is 112 Å². The Kier molecular flexibility index (Phi) is 4.84. The predicted molar refractivity (Wildman–Crippen MR) is 76.8 cm³/mol. The van der Waals surface area contributed by atoms with E-state index in [9.17, 15) is 0 Å². The van der Waals surface area contributed by atoms with Crippen molar-refractivity contribution in [3.05, 3.63) is 22.2 Å². The molecule has 0 atom stereocenters. The minimum absolute atomic E-state index is 0.0311. The normalized spacial score (nSPS) is 12.6. The first kappa shape index (κ1) is 14.6. The first-order chi connectivity index (χ1) is 8.29. The Balaban J connectivity index is 2.55. The van der Waals surface area contributed by atoms with Gasteiger partial charge in [-0.3, -0.25) is 0 Å². The largest absolute Gasteiger partial charge is 0.370 e. The van der Waals surface area contributed by atoms with Crippen molar-refractivity contribution in [2.45, 2.75) is 39.7 Å². The molecule has 1 rings (SSSR count). The fourth-order valence-corrected chi connectivity index (χ4v) is 1.89. The van der Waals surface area contributed by atoms with Crippen molar-refractivity contribution in [1.82, 2.24) is 15.5 Å². The van der Waals surface area contributed by atoms with Gasteiger partial charge in [0.1, 0.15) is 10.0 Å². The molecule has 0 radical (unpaired) electrons. The minimum atomic E-state index is 0.0311. The summed E-state index contributed by atoms with van der Waals surface area (Å²) in [5, 5.41) is 13.1. The van der Waals surface area contributed by atoms with Gasteiger partial charge in [-0.05, 0) is 6.92 Å². The molecule has 100 valence electrons. The Morgan fingerprint density at radius 1 is 1.44 bits per heavy atom. The highest BCUT2D eigenvalue weighted by molar-refractivity contribution is 7.11. The highest BCUT2D eigenvalue weighted by atomic mass is 32.1. The van der Waals surface area contributed by atoms with Gasteiger partial charge in [-0.25, -0.2) is 4.99 Å². The Hall–Kier alpha value is -1.43. The third kappa shape index (κ3) is 4.83. The smallest absolute Gasteiger partial charge is 0.189 e. The monoisotopic (exact) mass is 267 g/mol. The molecule has 1 aromatic rings. The van der Waals surface area contributed by atoms with Gasteiger partial charge in [0.05, 0.1) is 6.54 Å². The summed E-state index contributed by atoms with van der Waals surface area (Å²) in [6, 6.07) is 0. The maximum absolute atomic E-state index is 5.72. The van der Waals surface area contributed by atoms with E-state index in [0.717, 1.165) is 15.6 Å². The zero-order valence-corrected chi connectivity index (χ0v) is 12.3. The van der Waals surface area contributed by atoms with E-state index >= 15 is 0 Å². The molecule has 0 spiro atoms. The van der Waals surface area contributed by atoms with Gasteiger partial charge in [-0.15, -0.1) is 10.2 Å². The van der Waals surface area contributed by atoms with Crippen LogP contribution in [0, 0.1) is 0 Å². The quantitative estimate of drug-likeness (QED) is 0.495. The van der Waals surface area contributed by atoms with Crippen LogP contribution in [0.25, 0.3) is 0 Å². The number of nitrogens with zero attached hydrogens (tertiary/aromatic N) is 3. The van der Waals surface area contributed by atoms with Gasteiger partial charge in [-0.1, -0.05) is 44.3 Å². The minimum Gasteiger partial charge on any atom is -0.370 e. The molecule has 0 aromatic carbocycles. The van der Waals surface area contributed by atoms with Crippen LogP contribution < -0.4 is 11.1 Å². The third-order valence-electron chi connectivity index (χ3n) is 2.06. The second-order valence-corrected chi connectivity index (χ2v) is 6.33. The van der Waals surface area contributed by atoms with E-state index in [2.05, 4.69) is 47.9 Å². The first-order valence-corrected chi connectivity index (χ1v) is 6.61. The van der Waals surface area contributed by atoms with Gasteiger partial charge >= 0.3 is 0 Å². The summed E-state index contributed by atoms with van der Waals surface area (Å²) in [7, 11) is 0. The van der Waals surface area contributed by atoms with E-state index in [-0.39, 0.29) is 5.41 Å². The summed E-state index contributed by atoms with van der Waals surface area (Å²) in [5.41, 5.74) is 6.76. The molecule has 6 heteroatoms. The third-order valence-corrected chi connectivity index (χ3v) is 3.40. The van der Waals surface area contributed by atoms with Gasteiger partial charge in [0.2, 0.25) is 0 Å². The number of guanidine groups is 1. The predicted octanol–water partition coefficient (Wildman–Crippen LogP) is 1.82. The highest BCUT2D eigenvalue weighted by Crippen LogP contribution is 2.25. The van der Waals surface area contributed by atoms with E-state index in [1.54, 1.807) is 11.3 Å². The lowest BCUT2D eigenvalue weighted by molar-refractivity contribution is 0.577. The lowest BCUT2D eigenvalue weighted by Gasteiger charge is -2.12. The van der Waals surface area contributed by atoms with Crippen molar-refractivity contribution in [1.29, 1.82) is 0 Å². The Morgan fingerprint density at radius 3 is 2.61 bits per heavy atom. The molecule has 0 fully saturated rings. The van der Waals surface area contributed by atoms with Gasteiger partial charge in [0.15, 0.2) is 5.96 Å². The van der Waals surface area contributed by atoms with Crippen LogP contribution in [0.5, 0.6) is 0 Å². The number of hydrogen-bond donors (Lipinski definition) is 2. The number of aliphatic imine (C=N–C) groups is 1. The summed E-state index contributed by atoms with van der Waals surface area (Å²) >= 11 is 1.58. The molecule has 0 bridgehead atoms. The van der Waals surface area contributed by atoms with Crippen LogP contribution in [0.15, 0.2) is 17.1 Å². The highest BCUT2D eigenvalue weighted by Gasteiger charge is 2.18. The molecule has 0 saturated heterocycles. The van der Waals surface area contributed by atoms with E-state index in [1.165, 1.54) is 0 Å². The second-order valence-electron chi connectivity index (χ2n) is 5.26. The lowest BCUT2D eigenvalue weighted by Crippen LogP contribution is -2.32. The SMILES string of the molecule is C=C(C)CNC(N)=NCc1nnc(C(C)(C)C)s1. The van der Waals surface area contributed by atoms with E-state index in [4.69, 9.17) is 5.73 Å². The van der Waals surface area contributed by atoms with E-state index in [0.29, 0.717) is 19.0 Å². The van der Waals surface area contributed by atoms with E-state index < -0.39 is 0 Å². The Morgan fingerprint density at radius 2 is 2.11 bits per heavy atom. The molecule has 0 unspecified atom stereocenters. The Bertz CT molecular complexity index is 442. The number of nitrogens with two attached hydrogens (primary N) is 1. The fraction of sp³-hybridized carbons (Fsp3) is 0.583. The average molecular weight is 267 g/mol. The van der Waals surface area contributed by atoms with Crippen molar-refractivity contribution in [3.63, 3.8) is 0 Å². The fourth-order valence-electron chi connectivity index (χ4n) is 1.07. The standard InChI is InChI=1S/C12H21N5S/c1-8(2)6-14-11(13)15-7-9-16-17-10(18-9)12(3,4)5/h1,6-7H2,2-5H3,(H3,13,14,15). The summed E-state index contributed by atoms with van der Waals surface area (Å²) in [6.07, 6.45) is 0. The van der Waals surface area contributed by atoms with Gasteiger partial charge in [0, 0.05) is 12.0 Å². The summed E-state index contributed by atoms with van der Waals surface area (Å²) in [6.45, 7) is 13.2. The molecule has 0 aliphatic heterocycles. The van der Waals surface area contributed by atoms with Crippen LogP contribution in [0.2, 0.25) is 0 Å². The van der Waals surface area contributed by atoms with E-state index in [1.807, 2.05) is 6.92 Å². The molecule has 1 heterocycles. The number of nitrogens with one attached hydrogen (secondary N) is 1. The van der Waals surface area contributed by atoms with Crippen molar-refractivity contribution in [2.24, 2.45) is 10.7 Å². The maximum atomic E-state index is 5.72. The second kappa shape index (κ2) is 5.95. The molecule has 3 N–H and O–H groups in total. The molecule has 0 amide bonds. The van der Waals surface area contributed by atoms with Gasteiger partial charge < -0.3 is 11.1 Å². The molecule has 18 heavy (non-hydrogen) atoms. The topological polar surface area (TPSA) is 76.2 Å². The average Bonchev–Trinajstić information content (AvgIpc) is 2.71. The number of hydrogen-bond acceptors (Lipinski definition) is 4. The van der Waals surface area contributed by atoms with Gasteiger partial charge in [-0.2, -0.15) is 0 Å². The molecule has 0 saturated carbocycles. The summed E-state index contributed by atoms with van der Waals surface area (Å²) in [4.78, 5) is 4.21. The van der Waals surface area contributed by atoms with Crippen molar-refractivity contribution in [2.75, 3.05) is 6.54 Å². The van der Waals surface area contributed by atoms with Crippen LogP contribution in [-0.2, 0) is 12.0 Å². The van der Waals surface area contributed by atoms with Crippen molar-refractivity contribution >= 4 is 17.3 Å². The van der Waals surface area contributed by atoms with Crippen LogP contribution in [0.4, 0.5) is 0 Å². The molecule has 1 aromatic heterocycles. The molecular formula is C12H21N5S. The molecular weight excluding hydrogens is 246 g/mol. The molecule has 0 aliphatic rings. The lowest BCUT2D eigenvalue weighted by atomic mass is 9.98. The molecule has 0 aliphatic carbocycles. The number of aromatic nitrogens is 2. The van der Waals surface area contributed by atoms with Crippen molar-refractivity contribution in [3.8, 4) is 0 Å². The number of rotatable bonds is 4. The zero-order chi connectivity index (χ0) is 13.8. The summed E-state index contributed by atoms with van der Waals surface area (Å²) < 4.78 is 0. The van der Waals surface area contributed by atoms with Crippen LogP contribution in [-0.4, -0.2) is 22.7 Å².